The van der Waals surface area contributed by atoms with E-state index in [0.717, 1.165) is 0 Å². The highest BCUT2D eigenvalue weighted by Gasteiger charge is 2.19. The Morgan fingerprint density at radius 3 is 2.52 bits per heavy atom. The number of aromatic carboxylic acids is 1. The second-order valence-electron chi connectivity index (χ2n) is 5.10. The van der Waals surface area contributed by atoms with Crippen LogP contribution in [0.2, 0.25) is 0 Å². The first kappa shape index (κ1) is 16.2. The lowest BCUT2D eigenvalue weighted by Gasteiger charge is -2.05. The Labute approximate surface area is 142 Å². The molecule has 8 heteroatoms. The molecule has 2 aromatic carbocycles. The highest BCUT2D eigenvalue weighted by atomic mass is 16.6. The molecule has 0 bridgehead atoms. The standard InChI is InChI=1S/C17H13N3O5/c1-25-15-8-7-11(9-14(15)20(23)24)16-13(17(21)22)10-19(18-16)12-5-3-2-4-6-12/h2-10H,1H3,(H,21,22)/p-1. The number of carboxylic acid groups (broad SMARTS) is 1. The fraction of sp³-hybridized carbons (Fsp3) is 0.0588. The van der Waals surface area contributed by atoms with E-state index in [1.165, 1.54) is 36.2 Å². The molecule has 0 aliphatic carbocycles. The number of hydrogen-bond donors (Lipinski definition) is 0. The zero-order chi connectivity index (χ0) is 18.0. The molecule has 0 unspecified atom stereocenters. The van der Waals surface area contributed by atoms with E-state index in [9.17, 15) is 20.0 Å². The molecule has 0 saturated heterocycles. The van der Waals surface area contributed by atoms with Crippen molar-refractivity contribution < 1.29 is 19.6 Å². The van der Waals surface area contributed by atoms with E-state index in [2.05, 4.69) is 5.10 Å². The van der Waals surface area contributed by atoms with Gasteiger partial charge in [-0.2, -0.15) is 5.10 Å². The number of carboxylic acids is 1. The van der Waals surface area contributed by atoms with Crippen LogP contribution in [0.1, 0.15) is 10.4 Å². The SMILES string of the molecule is COc1ccc(-c2nn(-c3ccccc3)cc2C(=O)[O-])cc1[N+](=O)[O-]. The molecule has 8 nitrogen and oxygen atoms in total. The summed E-state index contributed by atoms with van der Waals surface area (Å²) in [6.45, 7) is 0. The third-order valence-corrected chi connectivity index (χ3v) is 3.60. The number of carbonyl (C=O) groups excluding carboxylic acids is 1. The highest BCUT2D eigenvalue weighted by Crippen LogP contribution is 2.33. The van der Waals surface area contributed by atoms with Gasteiger partial charge in [-0.05, 0) is 24.3 Å². The molecule has 3 rings (SSSR count). The van der Waals surface area contributed by atoms with Crippen molar-refractivity contribution in [2.24, 2.45) is 0 Å². The number of para-hydroxylation sites is 1. The number of benzene rings is 2. The number of methoxy groups -OCH3 is 1. The van der Waals surface area contributed by atoms with Crippen molar-refractivity contribution >= 4 is 11.7 Å². The summed E-state index contributed by atoms with van der Waals surface area (Å²) < 4.78 is 6.34. The van der Waals surface area contributed by atoms with Gasteiger partial charge in [0.15, 0.2) is 5.75 Å². The van der Waals surface area contributed by atoms with Gasteiger partial charge in [-0.15, -0.1) is 0 Å². The van der Waals surface area contributed by atoms with E-state index in [-0.39, 0.29) is 28.3 Å². The summed E-state index contributed by atoms with van der Waals surface area (Å²) >= 11 is 0. The minimum absolute atomic E-state index is 0.0752. The molecular weight excluding hydrogens is 326 g/mol. The summed E-state index contributed by atoms with van der Waals surface area (Å²) in [5.41, 5.74) is 0.567. The number of nitro groups is 1. The van der Waals surface area contributed by atoms with Crippen LogP contribution in [0.4, 0.5) is 5.69 Å². The predicted octanol–water partition coefficient (Wildman–Crippen LogP) is 1.82. The van der Waals surface area contributed by atoms with Gasteiger partial charge in [-0.1, -0.05) is 18.2 Å². The van der Waals surface area contributed by atoms with Crippen LogP contribution in [0.25, 0.3) is 16.9 Å². The van der Waals surface area contributed by atoms with Crippen molar-refractivity contribution in [1.29, 1.82) is 0 Å². The zero-order valence-electron chi connectivity index (χ0n) is 13.1. The van der Waals surface area contributed by atoms with Crippen LogP contribution in [-0.2, 0) is 0 Å². The molecule has 0 aliphatic rings. The summed E-state index contributed by atoms with van der Waals surface area (Å²) in [5.74, 6) is -1.35. The van der Waals surface area contributed by atoms with Crippen molar-refractivity contribution in [2.75, 3.05) is 7.11 Å². The Morgan fingerprint density at radius 1 is 1.20 bits per heavy atom. The summed E-state index contributed by atoms with van der Waals surface area (Å²) in [7, 11) is 1.32. The molecule has 1 heterocycles. The highest BCUT2D eigenvalue weighted by molar-refractivity contribution is 5.93. The number of hydrogen-bond acceptors (Lipinski definition) is 6. The maximum Gasteiger partial charge on any atom is 0.311 e. The van der Waals surface area contributed by atoms with E-state index in [1.54, 1.807) is 24.3 Å². The third-order valence-electron chi connectivity index (χ3n) is 3.60. The molecule has 3 aromatic rings. The Balaban J connectivity index is 2.17. The van der Waals surface area contributed by atoms with E-state index >= 15 is 0 Å². The fourth-order valence-corrected chi connectivity index (χ4v) is 2.43. The van der Waals surface area contributed by atoms with Gasteiger partial charge >= 0.3 is 5.69 Å². The number of aromatic nitrogens is 2. The quantitative estimate of drug-likeness (QED) is 0.518. The maximum atomic E-state index is 11.5. The van der Waals surface area contributed by atoms with Gasteiger partial charge in [0.25, 0.3) is 0 Å². The summed E-state index contributed by atoms with van der Waals surface area (Å²) in [4.78, 5) is 22.0. The molecule has 0 atom stereocenters. The van der Waals surface area contributed by atoms with Gasteiger partial charge in [0.2, 0.25) is 0 Å². The lowest BCUT2D eigenvalue weighted by atomic mass is 10.1. The first-order valence-corrected chi connectivity index (χ1v) is 7.20. The molecule has 0 radical (unpaired) electrons. The minimum Gasteiger partial charge on any atom is -0.545 e. The third kappa shape index (κ3) is 3.05. The van der Waals surface area contributed by atoms with Gasteiger partial charge in [-0.25, -0.2) is 4.68 Å². The van der Waals surface area contributed by atoms with Gasteiger partial charge in [0, 0.05) is 23.4 Å². The first-order valence-electron chi connectivity index (χ1n) is 7.20. The molecule has 126 valence electrons. The molecule has 25 heavy (non-hydrogen) atoms. The van der Waals surface area contributed by atoms with Crippen LogP contribution in [0.5, 0.6) is 5.75 Å². The van der Waals surface area contributed by atoms with E-state index < -0.39 is 10.9 Å². The van der Waals surface area contributed by atoms with Crippen molar-refractivity contribution in [2.45, 2.75) is 0 Å². The summed E-state index contributed by atoms with van der Waals surface area (Å²) in [6, 6.07) is 13.0. The van der Waals surface area contributed by atoms with Gasteiger partial charge in [0.1, 0.15) is 5.69 Å². The number of nitro benzene ring substituents is 1. The number of ether oxygens (including phenoxy) is 1. The Kier molecular flexibility index (Phi) is 4.17. The molecule has 0 spiro atoms. The van der Waals surface area contributed by atoms with Gasteiger partial charge < -0.3 is 14.6 Å². The molecule has 0 aliphatic heterocycles. The van der Waals surface area contributed by atoms with E-state index in [4.69, 9.17) is 4.74 Å². The Hall–Kier alpha value is -3.68. The zero-order valence-corrected chi connectivity index (χ0v) is 13.1. The van der Waals surface area contributed by atoms with Gasteiger partial charge in [-0.3, -0.25) is 10.1 Å². The van der Waals surface area contributed by atoms with E-state index in [0.29, 0.717) is 5.69 Å². The normalized spacial score (nSPS) is 10.4. The molecule has 1 aromatic heterocycles. The van der Waals surface area contributed by atoms with Crippen LogP contribution in [0.3, 0.4) is 0 Å². The summed E-state index contributed by atoms with van der Waals surface area (Å²) in [6.07, 6.45) is 1.32. The smallest absolute Gasteiger partial charge is 0.311 e. The van der Waals surface area contributed by atoms with E-state index in [1.807, 2.05) is 6.07 Å². The number of nitrogens with zero attached hydrogens (tertiary/aromatic N) is 3. The second-order valence-corrected chi connectivity index (χ2v) is 5.10. The lowest BCUT2D eigenvalue weighted by Crippen LogP contribution is -2.22. The molecule has 0 saturated carbocycles. The monoisotopic (exact) mass is 338 g/mol. The molecule has 0 N–H and O–H groups in total. The fourth-order valence-electron chi connectivity index (χ4n) is 2.43. The van der Waals surface area contributed by atoms with Crippen LogP contribution in [0.15, 0.2) is 54.7 Å². The number of rotatable bonds is 5. The maximum absolute atomic E-state index is 11.5. The Morgan fingerprint density at radius 2 is 1.92 bits per heavy atom. The largest absolute Gasteiger partial charge is 0.545 e. The van der Waals surface area contributed by atoms with Crippen LogP contribution in [0, 0.1) is 10.1 Å². The lowest BCUT2D eigenvalue weighted by molar-refractivity contribution is -0.385. The average molecular weight is 338 g/mol. The van der Waals surface area contributed by atoms with Crippen molar-refractivity contribution in [3.05, 3.63) is 70.4 Å². The Bertz CT molecular complexity index is 950. The average Bonchev–Trinajstić information content (AvgIpc) is 3.07. The van der Waals surface area contributed by atoms with Crippen LogP contribution in [-0.4, -0.2) is 27.8 Å². The van der Waals surface area contributed by atoms with Crippen LogP contribution >= 0.6 is 0 Å². The molecule has 0 amide bonds. The van der Waals surface area contributed by atoms with Crippen molar-refractivity contribution in [3.8, 4) is 22.7 Å². The first-order chi connectivity index (χ1) is 12.0. The topological polar surface area (TPSA) is 110 Å². The second kappa shape index (κ2) is 6.44. The van der Waals surface area contributed by atoms with Crippen LogP contribution < -0.4 is 9.84 Å². The van der Waals surface area contributed by atoms with Crippen molar-refractivity contribution in [1.82, 2.24) is 9.78 Å². The summed E-state index contributed by atoms with van der Waals surface area (Å²) in [5, 5.41) is 26.9. The predicted molar refractivity (Wildman–Crippen MR) is 86.5 cm³/mol. The molecular formula is C17H12N3O5-. The molecule has 0 fully saturated rings. The van der Waals surface area contributed by atoms with Gasteiger partial charge in [0.05, 0.1) is 23.7 Å². The number of carbonyl (C=O) groups is 1. The minimum atomic E-state index is -1.42. The van der Waals surface area contributed by atoms with Crippen molar-refractivity contribution in [3.63, 3.8) is 0 Å².